The van der Waals surface area contributed by atoms with Crippen LogP contribution in [0.5, 0.6) is 0 Å². The minimum Gasteiger partial charge on any atom is -0.396 e. The first-order valence-electron chi connectivity index (χ1n) is 7.81. The van der Waals surface area contributed by atoms with E-state index in [0.717, 1.165) is 37.7 Å². The summed E-state index contributed by atoms with van der Waals surface area (Å²) in [6.45, 7) is 2.81. The van der Waals surface area contributed by atoms with Crippen molar-refractivity contribution < 1.29 is 13.5 Å². The molecular weight excluding hydrogens is 286 g/mol. The zero-order valence-electron chi connectivity index (χ0n) is 12.7. The van der Waals surface area contributed by atoms with E-state index in [0.29, 0.717) is 17.9 Å². The topological polar surface area (TPSA) is 57.6 Å². The maximum Gasteiger partial charge on any atom is 0.243 e. The molecule has 1 heterocycles. The Bertz CT molecular complexity index is 537. The van der Waals surface area contributed by atoms with Crippen LogP contribution in [0.1, 0.15) is 44.6 Å². The van der Waals surface area contributed by atoms with Gasteiger partial charge in [-0.15, -0.1) is 0 Å². The van der Waals surface area contributed by atoms with E-state index in [1.165, 1.54) is 0 Å². The molecule has 0 bridgehead atoms. The van der Waals surface area contributed by atoms with E-state index in [1.54, 1.807) is 28.6 Å². The van der Waals surface area contributed by atoms with Crippen molar-refractivity contribution in [1.82, 2.24) is 4.31 Å². The first-order chi connectivity index (χ1) is 10.1. The molecule has 1 saturated heterocycles. The molecule has 1 aromatic rings. The summed E-state index contributed by atoms with van der Waals surface area (Å²) in [5, 5.41) is 8.92. The van der Waals surface area contributed by atoms with Crippen LogP contribution in [0.4, 0.5) is 0 Å². The molecule has 0 aliphatic carbocycles. The van der Waals surface area contributed by atoms with Crippen molar-refractivity contribution >= 4 is 10.0 Å². The summed E-state index contributed by atoms with van der Waals surface area (Å²) in [7, 11) is -3.39. The average molecular weight is 311 g/mol. The first kappa shape index (κ1) is 16.5. The standard InChI is InChI=1S/C16H25NO3S/c1-2-5-15-6-3-4-12-17(15)21(19,20)16-9-7-14(8-10-16)11-13-18/h7-10,15,18H,2-6,11-13H2,1H3. The minimum atomic E-state index is -3.39. The fraction of sp³-hybridized carbons (Fsp3) is 0.625. The van der Waals surface area contributed by atoms with Crippen LogP contribution in [-0.4, -0.2) is 37.0 Å². The molecule has 0 amide bonds. The summed E-state index contributed by atoms with van der Waals surface area (Å²) < 4.78 is 27.3. The Hall–Kier alpha value is -0.910. The second-order valence-corrected chi connectivity index (χ2v) is 7.56. The maximum absolute atomic E-state index is 12.8. The molecule has 1 unspecified atom stereocenters. The van der Waals surface area contributed by atoms with Gasteiger partial charge in [0.2, 0.25) is 10.0 Å². The fourth-order valence-electron chi connectivity index (χ4n) is 3.00. The Morgan fingerprint density at radius 2 is 1.95 bits per heavy atom. The summed E-state index contributed by atoms with van der Waals surface area (Å²) in [5.41, 5.74) is 0.959. The summed E-state index contributed by atoms with van der Waals surface area (Å²) in [4.78, 5) is 0.368. The first-order valence-corrected chi connectivity index (χ1v) is 9.25. The van der Waals surface area contributed by atoms with Crippen LogP contribution in [0.25, 0.3) is 0 Å². The molecule has 0 saturated carbocycles. The number of hydrogen-bond donors (Lipinski definition) is 1. The quantitative estimate of drug-likeness (QED) is 0.878. The molecule has 118 valence electrons. The Labute approximate surface area is 127 Å². The molecule has 1 atom stereocenters. The number of aliphatic hydroxyl groups is 1. The molecule has 2 rings (SSSR count). The lowest BCUT2D eigenvalue weighted by atomic mass is 10.0. The van der Waals surface area contributed by atoms with E-state index >= 15 is 0 Å². The number of hydrogen-bond acceptors (Lipinski definition) is 3. The number of aliphatic hydroxyl groups excluding tert-OH is 1. The predicted molar refractivity (Wildman–Crippen MR) is 83.7 cm³/mol. The van der Waals surface area contributed by atoms with Gasteiger partial charge in [0.1, 0.15) is 0 Å². The van der Waals surface area contributed by atoms with E-state index in [-0.39, 0.29) is 12.6 Å². The molecular formula is C16H25NO3S. The van der Waals surface area contributed by atoms with Gasteiger partial charge in [0.15, 0.2) is 0 Å². The molecule has 0 radical (unpaired) electrons. The van der Waals surface area contributed by atoms with Crippen LogP contribution in [0.2, 0.25) is 0 Å². The third-order valence-corrected chi connectivity index (χ3v) is 6.09. The van der Waals surface area contributed by atoms with Gasteiger partial charge in [-0.2, -0.15) is 4.31 Å². The molecule has 1 aliphatic heterocycles. The van der Waals surface area contributed by atoms with E-state index in [1.807, 2.05) is 0 Å². The van der Waals surface area contributed by atoms with E-state index in [2.05, 4.69) is 6.92 Å². The molecule has 5 heteroatoms. The number of nitrogens with zero attached hydrogens (tertiary/aromatic N) is 1. The summed E-state index contributed by atoms with van der Waals surface area (Å²) in [6, 6.07) is 7.06. The highest BCUT2D eigenvalue weighted by molar-refractivity contribution is 7.89. The molecule has 0 aromatic heterocycles. The highest BCUT2D eigenvalue weighted by Crippen LogP contribution is 2.27. The van der Waals surface area contributed by atoms with Gasteiger partial charge in [0.05, 0.1) is 4.90 Å². The molecule has 1 N–H and O–H groups in total. The monoisotopic (exact) mass is 311 g/mol. The summed E-state index contributed by atoms with van der Waals surface area (Å²) in [6.07, 6.45) is 5.53. The third-order valence-electron chi connectivity index (χ3n) is 4.13. The van der Waals surface area contributed by atoms with Crippen LogP contribution < -0.4 is 0 Å². The van der Waals surface area contributed by atoms with Crippen molar-refractivity contribution in [2.75, 3.05) is 13.2 Å². The molecule has 4 nitrogen and oxygen atoms in total. The Morgan fingerprint density at radius 1 is 1.24 bits per heavy atom. The maximum atomic E-state index is 12.8. The zero-order valence-corrected chi connectivity index (χ0v) is 13.5. The zero-order chi connectivity index (χ0) is 15.3. The number of benzene rings is 1. The predicted octanol–water partition coefficient (Wildman–Crippen LogP) is 2.56. The average Bonchev–Trinajstić information content (AvgIpc) is 2.49. The van der Waals surface area contributed by atoms with Gasteiger partial charge in [0.25, 0.3) is 0 Å². The lowest BCUT2D eigenvalue weighted by molar-refractivity contribution is 0.239. The third kappa shape index (κ3) is 3.84. The highest BCUT2D eigenvalue weighted by Gasteiger charge is 2.32. The van der Waals surface area contributed by atoms with Gasteiger partial charge in [-0.3, -0.25) is 0 Å². The van der Waals surface area contributed by atoms with E-state index in [9.17, 15) is 8.42 Å². The number of sulfonamides is 1. The molecule has 21 heavy (non-hydrogen) atoms. The summed E-state index contributed by atoms with van der Waals surface area (Å²) >= 11 is 0. The van der Waals surface area contributed by atoms with Crippen molar-refractivity contribution in [2.24, 2.45) is 0 Å². The smallest absolute Gasteiger partial charge is 0.243 e. The van der Waals surface area contributed by atoms with Crippen LogP contribution in [0, 0.1) is 0 Å². The molecule has 1 aromatic carbocycles. The van der Waals surface area contributed by atoms with Crippen molar-refractivity contribution in [3.8, 4) is 0 Å². The van der Waals surface area contributed by atoms with Crippen molar-refractivity contribution in [3.05, 3.63) is 29.8 Å². The number of piperidine rings is 1. The second kappa shape index (κ2) is 7.38. The fourth-order valence-corrected chi connectivity index (χ4v) is 4.73. The highest BCUT2D eigenvalue weighted by atomic mass is 32.2. The van der Waals surface area contributed by atoms with Crippen LogP contribution >= 0.6 is 0 Å². The van der Waals surface area contributed by atoms with E-state index in [4.69, 9.17) is 5.11 Å². The number of rotatable bonds is 6. The van der Waals surface area contributed by atoms with Crippen molar-refractivity contribution in [3.63, 3.8) is 0 Å². The lowest BCUT2D eigenvalue weighted by Gasteiger charge is -2.34. The largest absolute Gasteiger partial charge is 0.396 e. The normalized spacial score (nSPS) is 20.6. The molecule has 1 aliphatic rings. The molecule has 1 fully saturated rings. The van der Waals surface area contributed by atoms with Gasteiger partial charge in [-0.05, 0) is 43.4 Å². The van der Waals surface area contributed by atoms with Crippen molar-refractivity contribution in [1.29, 1.82) is 0 Å². The molecule has 0 spiro atoms. The Balaban J connectivity index is 2.22. The Morgan fingerprint density at radius 3 is 2.57 bits per heavy atom. The Kier molecular flexibility index (Phi) is 5.79. The van der Waals surface area contributed by atoms with Gasteiger partial charge < -0.3 is 5.11 Å². The van der Waals surface area contributed by atoms with Crippen LogP contribution in [0.15, 0.2) is 29.2 Å². The SMILES string of the molecule is CCCC1CCCCN1S(=O)(=O)c1ccc(CCO)cc1. The van der Waals surface area contributed by atoms with Gasteiger partial charge in [-0.25, -0.2) is 8.42 Å². The van der Waals surface area contributed by atoms with Gasteiger partial charge in [-0.1, -0.05) is 31.9 Å². The lowest BCUT2D eigenvalue weighted by Crippen LogP contribution is -2.43. The van der Waals surface area contributed by atoms with Gasteiger partial charge in [0, 0.05) is 19.2 Å². The van der Waals surface area contributed by atoms with E-state index < -0.39 is 10.0 Å². The summed E-state index contributed by atoms with van der Waals surface area (Å²) in [5.74, 6) is 0. The minimum absolute atomic E-state index is 0.0802. The van der Waals surface area contributed by atoms with Crippen molar-refractivity contribution in [2.45, 2.75) is 56.4 Å². The van der Waals surface area contributed by atoms with Crippen LogP contribution in [-0.2, 0) is 16.4 Å². The second-order valence-electron chi connectivity index (χ2n) is 5.67. The van der Waals surface area contributed by atoms with Crippen LogP contribution in [0.3, 0.4) is 0 Å². The van der Waals surface area contributed by atoms with Gasteiger partial charge >= 0.3 is 0 Å².